The monoisotopic (exact) mass is 158 g/mol. The molecule has 0 aromatic heterocycles. The van der Waals surface area contributed by atoms with Gasteiger partial charge in [0.05, 0.1) is 0 Å². The summed E-state index contributed by atoms with van der Waals surface area (Å²) in [5.41, 5.74) is 7.12. The molecule has 0 aliphatic carbocycles. The van der Waals surface area contributed by atoms with E-state index in [0.29, 0.717) is 5.54 Å². The van der Waals surface area contributed by atoms with Gasteiger partial charge in [0.2, 0.25) is 0 Å². The van der Waals surface area contributed by atoms with Crippen molar-refractivity contribution in [3.8, 4) is 0 Å². The van der Waals surface area contributed by atoms with Crippen molar-refractivity contribution in [1.82, 2.24) is 10.9 Å². The number of hydrogen-bond acceptors (Lipinski definition) is 3. The molecule has 0 amide bonds. The van der Waals surface area contributed by atoms with Crippen molar-refractivity contribution in [1.29, 1.82) is 0 Å². The molecular formula is C7H14N2S. The van der Waals surface area contributed by atoms with Crippen LogP contribution in [0.5, 0.6) is 0 Å². The molecule has 2 heterocycles. The maximum Gasteiger partial charge on any atom is 0.0352 e. The molecule has 3 heteroatoms. The lowest BCUT2D eigenvalue weighted by atomic mass is 9.91. The van der Waals surface area contributed by atoms with E-state index in [2.05, 4.69) is 22.6 Å². The first-order valence-electron chi connectivity index (χ1n) is 3.99. The minimum absolute atomic E-state index is 0.491. The van der Waals surface area contributed by atoms with Crippen molar-refractivity contribution in [2.45, 2.75) is 24.8 Å². The molecule has 0 aromatic carbocycles. The van der Waals surface area contributed by atoms with E-state index in [1.807, 2.05) is 0 Å². The summed E-state index contributed by atoms with van der Waals surface area (Å²) < 4.78 is 0. The molecule has 0 atom stereocenters. The van der Waals surface area contributed by atoms with Gasteiger partial charge in [-0.3, -0.25) is 10.9 Å². The summed E-state index contributed by atoms with van der Waals surface area (Å²) in [7, 11) is 0. The van der Waals surface area contributed by atoms with Crippen LogP contribution in [0.2, 0.25) is 0 Å². The van der Waals surface area contributed by atoms with Crippen molar-refractivity contribution in [3.63, 3.8) is 0 Å². The lowest BCUT2D eigenvalue weighted by molar-refractivity contribution is 0.331. The highest BCUT2D eigenvalue weighted by Gasteiger charge is 2.34. The fourth-order valence-electron chi connectivity index (χ4n) is 1.75. The van der Waals surface area contributed by atoms with Crippen LogP contribution >= 0.6 is 11.8 Å². The largest absolute Gasteiger partial charge is 0.257 e. The first-order chi connectivity index (χ1) is 4.91. The topological polar surface area (TPSA) is 24.1 Å². The number of nitrogens with one attached hydrogen (secondary N) is 2. The Labute approximate surface area is 66.1 Å². The quantitative estimate of drug-likeness (QED) is 0.544. The Bertz CT molecular complexity index is 113. The van der Waals surface area contributed by atoms with Crippen LogP contribution in [0, 0.1) is 0 Å². The molecule has 2 aliphatic rings. The van der Waals surface area contributed by atoms with Crippen molar-refractivity contribution in [3.05, 3.63) is 0 Å². The molecule has 2 aliphatic heterocycles. The van der Waals surface area contributed by atoms with Gasteiger partial charge in [0.1, 0.15) is 0 Å². The highest BCUT2D eigenvalue weighted by Crippen LogP contribution is 2.30. The van der Waals surface area contributed by atoms with Crippen molar-refractivity contribution in [2.75, 3.05) is 18.1 Å². The zero-order valence-electron chi connectivity index (χ0n) is 6.15. The molecule has 2 N–H and O–H groups in total. The van der Waals surface area contributed by atoms with Crippen LogP contribution in [0.25, 0.3) is 0 Å². The lowest BCUT2D eigenvalue weighted by Crippen LogP contribution is -2.46. The van der Waals surface area contributed by atoms with Crippen LogP contribution < -0.4 is 10.9 Å². The van der Waals surface area contributed by atoms with Gasteiger partial charge in [0.15, 0.2) is 0 Å². The van der Waals surface area contributed by atoms with Crippen molar-refractivity contribution in [2.24, 2.45) is 0 Å². The van der Waals surface area contributed by atoms with Gasteiger partial charge in [-0.1, -0.05) is 0 Å². The Morgan fingerprint density at radius 1 is 1.10 bits per heavy atom. The molecule has 10 heavy (non-hydrogen) atoms. The molecule has 0 bridgehead atoms. The lowest BCUT2D eigenvalue weighted by Gasteiger charge is -2.32. The second kappa shape index (κ2) is 2.72. The van der Waals surface area contributed by atoms with E-state index in [-0.39, 0.29) is 0 Å². The second-order valence-corrected chi connectivity index (χ2v) is 4.42. The van der Waals surface area contributed by atoms with Gasteiger partial charge >= 0.3 is 0 Å². The second-order valence-electron chi connectivity index (χ2n) is 3.19. The molecule has 1 spiro atoms. The molecule has 0 radical (unpaired) electrons. The van der Waals surface area contributed by atoms with Gasteiger partial charge in [-0.05, 0) is 30.8 Å². The highest BCUT2D eigenvalue weighted by atomic mass is 32.2. The summed E-state index contributed by atoms with van der Waals surface area (Å²) in [5.74, 6) is 2.68. The molecule has 2 nitrogen and oxygen atoms in total. The number of hydrazine groups is 1. The predicted octanol–water partition coefficient (Wildman–Crippen LogP) is 0.750. The maximum atomic E-state index is 3.41. The summed E-state index contributed by atoms with van der Waals surface area (Å²) in [6.45, 7) is 1.16. The Kier molecular flexibility index (Phi) is 1.89. The average Bonchev–Trinajstić information content (AvgIpc) is 2.39. The fourth-order valence-corrected chi connectivity index (χ4v) is 3.03. The molecule has 0 unspecified atom stereocenters. The zero-order valence-corrected chi connectivity index (χ0v) is 6.97. The SMILES string of the molecule is C1CC2(CCSCC2)NN1. The molecule has 2 rings (SSSR count). The Hall–Kier alpha value is 0.270. The van der Waals surface area contributed by atoms with Crippen LogP contribution in [-0.4, -0.2) is 23.6 Å². The van der Waals surface area contributed by atoms with Crippen molar-refractivity contribution >= 4 is 11.8 Å². The number of thioether (sulfide) groups is 1. The molecular weight excluding hydrogens is 144 g/mol. The van der Waals surface area contributed by atoms with E-state index in [4.69, 9.17) is 0 Å². The number of hydrogen-bond donors (Lipinski definition) is 2. The Morgan fingerprint density at radius 3 is 2.50 bits per heavy atom. The van der Waals surface area contributed by atoms with Crippen LogP contribution in [0.3, 0.4) is 0 Å². The maximum absolute atomic E-state index is 3.41. The van der Waals surface area contributed by atoms with E-state index in [9.17, 15) is 0 Å². The summed E-state index contributed by atoms with van der Waals surface area (Å²) in [6.07, 6.45) is 4.03. The third-order valence-corrected chi connectivity index (χ3v) is 3.52. The minimum atomic E-state index is 0.491. The van der Waals surface area contributed by atoms with Gasteiger partial charge in [0.25, 0.3) is 0 Å². The standard InChI is InChI=1S/C7H14N2S/c1-4-8-9-7(1)2-5-10-6-3-7/h8-9H,1-6H2. The van der Waals surface area contributed by atoms with Gasteiger partial charge in [0, 0.05) is 12.1 Å². The molecule has 0 aromatic rings. The fraction of sp³-hybridized carbons (Fsp3) is 1.00. The van der Waals surface area contributed by atoms with Crippen molar-refractivity contribution < 1.29 is 0 Å². The third kappa shape index (κ3) is 1.18. The molecule has 58 valence electrons. The Balaban J connectivity index is 1.98. The van der Waals surface area contributed by atoms with Crippen LogP contribution in [0.4, 0.5) is 0 Å². The first kappa shape index (κ1) is 6.95. The molecule has 0 saturated carbocycles. The van der Waals surface area contributed by atoms with Crippen LogP contribution in [0.15, 0.2) is 0 Å². The van der Waals surface area contributed by atoms with Gasteiger partial charge in [-0.2, -0.15) is 11.8 Å². The zero-order chi connectivity index (χ0) is 6.86. The van der Waals surface area contributed by atoms with E-state index in [1.165, 1.54) is 30.8 Å². The van der Waals surface area contributed by atoms with Gasteiger partial charge < -0.3 is 0 Å². The van der Waals surface area contributed by atoms with E-state index < -0.39 is 0 Å². The van der Waals surface area contributed by atoms with Crippen LogP contribution in [0.1, 0.15) is 19.3 Å². The predicted molar refractivity (Wildman–Crippen MR) is 45.0 cm³/mol. The van der Waals surface area contributed by atoms with Gasteiger partial charge in [-0.15, -0.1) is 0 Å². The van der Waals surface area contributed by atoms with E-state index in [0.717, 1.165) is 6.54 Å². The number of rotatable bonds is 0. The highest BCUT2D eigenvalue weighted by molar-refractivity contribution is 7.99. The summed E-state index contributed by atoms with van der Waals surface area (Å²) in [5, 5.41) is 0. The smallest absolute Gasteiger partial charge is 0.0352 e. The summed E-state index contributed by atoms with van der Waals surface area (Å²) in [4.78, 5) is 0. The van der Waals surface area contributed by atoms with E-state index in [1.54, 1.807) is 0 Å². The summed E-state index contributed by atoms with van der Waals surface area (Å²) in [6, 6.07) is 0. The van der Waals surface area contributed by atoms with Gasteiger partial charge in [-0.25, -0.2) is 0 Å². The van der Waals surface area contributed by atoms with Crippen LogP contribution in [-0.2, 0) is 0 Å². The first-order valence-corrected chi connectivity index (χ1v) is 5.15. The normalized spacial score (nSPS) is 31.2. The van der Waals surface area contributed by atoms with E-state index >= 15 is 0 Å². The molecule has 2 saturated heterocycles. The minimum Gasteiger partial charge on any atom is -0.257 e. The third-order valence-electron chi connectivity index (χ3n) is 2.53. The Morgan fingerprint density at radius 2 is 1.90 bits per heavy atom. The summed E-state index contributed by atoms with van der Waals surface area (Å²) >= 11 is 2.09. The molecule has 2 fully saturated rings. The average molecular weight is 158 g/mol.